The molecule has 0 aliphatic carbocycles. The number of hydrogen-bond acceptors (Lipinski definition) is 3. The van der Waals surface area contributed by atoms with Crippen molar-refractivity contribution in [2.75, 3.05) is 7.11 Å². The van der Waals surface area contributed by atoms with Crippen molar-refractivity contribution < 1.29 is 4.74 Å². The molecule has 1 aromatic heterocycles. The van der Waals surface area contributed by atoms with Gasteiger partial charge in [0.15, 0.2) is 5.15 Å². The highest BCUT2D eigenvalue weighted by Crippen LogP contribution is 2.31. The number of methoxy groups -OCH3 is 1. The molecule has 0 atom stereocenters. The Balaban J connectivity index is 2.50. The molecular weight excluding hydrogens is 291 g/mol. The average molecular weight is 300 g/mol. The molecule has 1 heterocycles. The van der Waals surface area contributed by atoms with Gasteiger partial charge in [0.1, 0.15) is 11.4 Å². The third kappa shape index (κ3) is 2.18. The Bertz CT molecular complexity index is 519. The van der Waals surface area contributed by atoms with E-state index in [1.54, 1.807) is 19.5 Å². The van der Waals surface area contributed by atoms with Crippen molar-refractivity contribution in [1.29, 1.82) is 0 Å². The van der Waals surface area contributed by atoms with Crippen LogP contribution in [-0.2, 0) is 0 Å². The minimum Gasteiger partial charge on any atom is -0.496 e. The fourth-order valence-electron chi connectivity index (χ4n) is 1.33. The fraction of sp³-hybridized carbons (Fsp3) is 0.0909. The number of benzene rings is 1. The molecule has 0 bridgehead atoms. The molecule has 1 aromatic carbocycles. The van der Waals surface area contributed by atoms with Crippen LogP contribution in [0, 0.1) is 0 Å². The number of nitrogens with zero attached hydrogens (tertiary/aromatic N) is 2. The number of hydrogen-bond donors (Lipinski definition) is 0. The van der Waals surface area contributed by atoms with Gasteiger partial charge in [-0.15, -0.1) is 0 Å². The standard InChI is InChI=1S/C11H8BrClN2O/c1-16-9-3-2-7(6-8(9)12)10-11(13)15-5-4-14-10/h2-6H,1H3. The molecule has 82 valence electrons. The van der Waals surface area contributed by atoms with Gasteiger partial charge in [0.2, 0.25) is 0 Å². The van der Waals surface area contributed by atoms with Gasteiger partial charge < -0.3 is 4.74 Å². The maximum atomic E-state index is 5.96. The van der Waals surface area contributed by atoms with Gasteiger partial charge >= 0.3 is 0 Å². The number of rotatable bonds is 2. The predicted octanol–water partition coefficient (Wildman–Crippen LogP) is 3.57. The third-order valence-electron chi connectivity index (χ3n) is 2.08. The summed E-state index contributed by atoms with van der Waals surface area (Å²) in [6, 6.07) is 5.64. The van der Waals surface area contributed by atoms with Crippen LogP contribution < -0.4 is 4.74 Å². The van der Waals surface area contributed by atoms with E-state index in [4.69, 9.17) is 16.3 Å². The second kappa shape index (κ2) is 4.80. The average Bonchev–Trinajstić information content (AvgIpc) is 2.29. The molecule has 0 unspecified atom stereocenters. The lowest BCUT2D eigenvalue weighted by molar-refractivity contribution is 0.412. The third-order valence-corrected chi connectivity index (χ3v) is 2.98. The lowest BCUT2D eigenvalue weighted by Crippen LogP contribution is -1.89. The van der Waals surface area contributed by atoms with Crippen molar-refractivity contribution in [3.8, 4) is 17.0 Å². The van der Waals surface area contributed by atoms with E-state index >= 15 is 0 Å². The number of ether oxygens (including phenoxy) is 1. The normalized spacial score (nSPS) is 10.2. The van der Waals surface area contributed by atoms with E-state index in [9.17, 15) is 0 Å². The Morgan fingerprint density at radius 2 is 2.00 bits per heavy atom. The summed E-state index contributed by atoms with van der Waals surface area (Å²) in [5.41, 5.74) is 1.55. The topological polar surface area (TPSA) is 35.0 Å². The number of aromatic nitrogens is 2. The molecule has 0 aliphatic rings. The SMILES string of the molecule is COc1ccc(-c2nccnc2Cl)cc1Br. The quantitative estimate of drug-likeness (QED) is 0.850. The first-order chi connectivity index (χ1) is 7.72. The molecular formula is C11H8BrClN2O. The smallest absolute Gasteiger partial charge is 0.155 e. The van der Waals surface area contributed by atoms with Crippen LogP contribution in [0.5, 0.6) is 5.75 Å². The van der Waals surface area contributed by atoms with Crippen LogP contribution in [0.25, 0.3) is 11.3 Å². The van der Waals surface area contributed by atoms with Crippen LogP contribution >= 0.6 is 27.5 Å². The summed E-state index contributed by atoms with van der Waals surface area (Å²) in [6.07, 6.45) is 3.17. The van der Waals surface area contributed by atoms with E-state index in [0.29, 0.717) is 10.8 Å². The van der Waals surface area contributed by atoms with Crippen LogP contribution in [-0.4, -0.2) is 17.1 Å². The summed E-state index contributed by atoms with van der Waals surface area (Å²) in [6.45, 7) is 0. The van der Waals surface area contributed by atoms with Crippen molar-refractivity contribution in [2.24, 2.45) is 0 Å². The molecule has 2 rings (SSSR count). The van der Waals surface area contributed by atoms with Crippen molar-refractivity contribution in [3.63, 3.8) is 0 Å². The van der Waals surface area contributed by atoms with Gasteiger partial charge in [-0.3, -0.25) is 4.98 Å². The lowest BCUT2D eigenvalue weighted by atomic mass is 10.1. The zero-order chi connectivity index (χ0) is 11.5. The van der Waals surface area contributed by atoms with Gasteiger partial charge in [-0.2, -0.15) is 0 Å². The Hall–Kier alpha value is -1.13. The van der Waals surface area contributed by atoms with Crippen LogP contribution in [0.1, 0.15) is 0 Å². The van der Waals surface area contributed by atoms with Crippen LogP contribution in [0.3, 0.4) is 0 Å². The maximum Gasteiger partial charge on any atom is 0.155 e. The summed E-state index contributed by atoms with van der Waals surface area (Å²) in [5.74, 6) is 0.767. The lowest BCUT2D eigenvalue weighted by Gasteiger charge is -2.06. The summed E-state index contributed by atoms with van der Waals surface area (Å²) in [4.78, 5) is 8.17. The van der Waals surface area contributed by atoms with E-state index in [1.165, 1.54) is 0 Å². The Morgan fingerprint density at radius 3 is 2.62 bits per heavy atom. The van der Waals surface area contributed by atoms with Crippen LogP contribution in [0.4, 0.5) is 0 Å². The molecule has 0 amide bonds. The predicted molar refractivity (Wildman–Crippen MR) is 66.7 cm³/mol. The molecule has 0 saturated heterocycles. The molecule has 0 N–H and O–H groups in total. The molecule has 0 radical (unpaired) electrons. The van der Waals surface area contributed by atoms with E-state index in [-0.39, 0.29) is 0 Å². The van der Waals surface area contributed by atoms with E-state index in [0.717, 1.165) is 15.8 Å². The second-order valence-corrected chi connectivity index (χ2v) is 4.26. The highest BCUT2D eigenvalue weighted by Gasteiger charge is 2.08. The monoisotopic (exact) mass is 298 g/mol. The van der Waals surface area contributed by atoms with Gasteiger partial charge in [-0.25, -0.2) is 4.98 Å². The minimum absolute atomic E-state index is 0.388. The summed E-state index contributed by atoms with van der Waals surface area (Å²) in [7, 11) is 1.62. The van der Waals surface area contributed by atoms with Crippen molar-refractivity contribution in [3.05, 3.63) is 40.2 Å². The Morgan fingerprint density at radius 1 is 1.25 bits per heavy atom. The zero-order valence-electron chi connectivity index (χ0n) is 8.45. The first-order valence-electron chi connectivity index (χ1n) is 4.53. The van der Waals surface area contributed by atoms with Crippen molar-refractivity contribution in [1.82, 2.24) is 9.97 Å². The van der Waals surface area contributed by atoms with Gasteiger partial charge in [0.05, 0.1) is 11.6 Å². The maximum absolute atomic E-state index is 5.96. The van der Waals surface area contributed by atoms with Crippen LogP contribution in [0.15, 0.2) is 35.1 Å². The molecule has 0 aliphatic heterocycles. The molecule has 3 nitrogen and oxygen atoms in total. The zero-order valence-corrected chi connectivity index (χ0v) is 10.8. The van der Waals surface area contributed by atoms with Crippen molar-refractivity contribution >= 4 is 27.5 Å². The van der Waals surface area contributed by atoms with E-state index in [2.05, 4.69) is 25.9 Å². The first-order valence-corrected chi connectivity index (χ1v) is 5.70. The second-order valence-electron chi connectivity index (χ2n) is 3.05. The molecule has 5 heteroatoms. The van der Waals surface area contributed by atoms with Crippen LogP contribution in [0.2, 0.25) is 5.15 Å². The van der Waals surface area contributed by atoms with E-state index < -0.39 is 0 Å². The largest absolute Gasteiger partial charge is 0.496 e. The molecule has 0 saturated carbocycles. The highest BCUT2D eigenvalue weighted by atomic mass is 79.9. The Kier molecular flexibility index (Phi) is 3.41. The summed E-state index contributed by atoms with van der Waals surface area (Å²) >= 11 is 9.38. The highest BCUT2D eigenvalue weighted by molar-refractivity contribution is 9.10. The Labute approximate surface area is 107 Å². The van der Waals surface area contributed by atoms with E-state index in [1.807, 2.05) is 18.2 Å². The van der Waals surface area contributed by atoms with Gasteiger partial charge in [-0.1, -0.05) is 11.6 Å². The van der Waals surface area contributed by atoms with Gasteiger partial charge in [0.25, 0.3) is 0 Å². The molecule has 2 aromatic rings. The van der Waals surface area contributed by atoms with Crippen molar-refractivity contribution in [2.45, 2.75) is 0 Å². The molecule has 0 spiro atoms. The number of halogens is 2. The minimum atomic E-state index is 0.388. The van der Waals surface area contributed by atoms with Gasteiger partial charge in [-0.05, 0) is 34.1 Å². The molecule has 0 fully saturated rings. The first kappa shape index (κ1) is 11.4. The summed E-state index contributed by atoms with van der Waals surface area (Å²) in [5, 5.41) is 0.388. The molecule has 16 heavy (non-hydrogen) atoms. The summed E-state index contributed by atoms with van der Waals surface area (Å²) < 4.78 is 6.01. The fourth-order valence-corrected chi connectivity index (χ4v) is 2.08. The van der Waals surface area contributed by atoms with Gasteiger partial charge in [0, 0.05) is 18.0 Å².